The molecule has 0 aromatic heterocycles. The molecule has 0 amide bonds. The molecule has 0 atom stereocenters. The van der Waals surface area contributed by atoms with Crippen molar-refractivity contribution < 1.29 is 0 Å². The van der Waals surface area contributed by atoms with Crippen LogP contribution in [-0.2, 0) is 0 Å². The molecule has 0 N–H and O–H groups in total. The quantitative estimate of drug-likeness (QED) is 0.426. The van der Waals surface area contributed by atoms with Crippen molar-refractivity contribution in [2.24, 2.45) is 15.2 Å². The smallest absolute Gasteiger partial charge is 0.237 e. The van der Waals surface area contributed by atoms with Crippen LogP contribution in [0.3, 0.4) is 0 Å². The number of nitrogens with zero attached hydrogens (tertiary/aromatic N) is 3. The molecule has 4 heteroatoms. The highest BCUT2D eigenvalue weighted by atomic mass is 35.5. The molecule has 0 aliphatic carbocycles. The zero-order chi connectivity index (χ0) is 5.11. The van der Waals surface area contributed by atoms with Crippen LogP contribution in [0.15, 0.2) is 15.2 Å². The number of halogens is 1. The molecule has 0 aromatic carbocycles. The Hall–Kier alpha value is -0.440. The highest BCUT2D eigenvalue weighted by molar-refractivity contribution is 6.64. The third-order valence-corrected chi connectivity index (χ3v) is 0.791. The second-order valence-corrected chi connectivity index (χ2v) is 1.45. The largest absolute Gasteiger partial charge is 0.253 e. The number of aliphatic imine (C=N–C) groups is 1. The Morgan fingerprint density at radius 2 is 2.29 bits per heavy atom. The van der Waals surface area contributed by atoms with E-state index >= 15 is 0 Å². The van der Waals surface area contributed by atoms with Gasteiger partial charge < -0.3 is 0 Å². The first-order valence-corrected chi connectivity index (χ1v) is 2.35. The first-order chi connectivity index (χ1) is 3.39. The van der Waals surface area contributed by atoms with E-state index in [4.69, 9.17) is 11.6 Å². The van der Waals surface area contributed by atoms with Crippen LogP contribution >= 0.6 is 11.6 Å². The zero-order valence-electron chi connectivity index (χ0n) is 3.63. The molecule has 0 radical (unpaired) electrons. The van der Waals surface area contributed by atoms with E-state index < -0.39 is 0 Å². The molecule has 7 heavy (non-hydrogen) atoms. The summed E-state index contributed by atoms with van der Waals surface area (Å²) >= 11 is 5.31. The lowest BCUT2D eigenvalue weighted by atomic mass is 10.7. The maximum atomic E-state index is 5.31. The van der Waals surface area contributed by atoms with E-state index in [1.807, 2.05) is 0 Å². The Morgan fingerprint density at radius 3 is 2.57 bits per heavy atom. The lowest BCUT2D eigenvalue weighted by Crippen LogP contribution is -1.95. The molecular weight excluding hydrogens is 114 g/mol. The Bertz CT molecular complexity index is 117. The van der Waals surface area contributed by atoms with E-state index in [9.17, 15) is 0 Å². The van der Waals surface area contributed by atoms with Crippen LogP contribution in [0.4, 0.5) is 0 Å². The molecule has 0 unspecified atom stereocenters. The Kier molecular flexibility index (Phi) is 1.36. The lowest BCUT2D eigenvalue weighted by molar-refractivity contribution is 0.889. The summed E-state index contributed by atoms with van der Waals surface area (Å²) in [4.78, 5) is 3.75. The van der Waals surface area contributed by atoms with Crippen LogP contribution in [-0.4, -0.2) is 18.4 Å². The van der Waals surface area contributed by atoms with Crippen LogP contribution in [0.5, 0.6) is 0 Å². The van der Waals surface area contributed by atoms with E-state index in [2.05, 4.69) is 15.2 Å². The molecular formula is C3H4ClN3. The minimum Gasteiger partial charge on any atom is -0.253 e. The molecule has 38 valence electrons. The molecule has 0 aromatic rings. The van der Waals surface area contributed by atoms with Gasteiger partial charge in [0.05, 0.1) is 13.1 Å². The van der Waals surface area contributed by atoms with Gasteiger partial charge in [0.1, 0.15) is 0 Å². The molecule has 0 saturated carbocycles. The number of azo groups is 1. The number of hydrogen-bond donors (Lipinski definition) is 0. The fraction of sp³-hybridized carbons (Fsp3) is 0.667. The van der Waals surface area contributed by atoms with Crippen LogP contribution in [0.1, 0.15) is 0 Å². The molecule has 1 rings (SSSR count). The van der Waals surface area contributed by atoms with Gasteiger partial charge in [0.25, 0.3) is 0 Å². The highest BCUT2D eigenvalue weighted by Gasteiger charge is 1.92. The summed E-state index contributed by atoms with van der Waals surface area (Å²) in [5.41, 5.74) is 0. The summed E-state index contributed by atoms with van der Waals surface area (Å²) < 4.78 is 0. The van der Waals surface area contributed by atoms with Crippen molar-refractivity contribution in [3.05, 3.63) is 0 Å². The number of rotatable bonds is 0. The molecule has 0 fully saturated rings. The van der Waals surface area contributed by atoms with Gasteiger partial charge in [-0.15, -0.1) is 5.11 Å². The fourth-order valence-corrected chi connectivity index (χ4v) is 0.465. The van der Waals surface area contributed by atoms with Crippen LogP contribution in [0.25, 0.3) is 0 Å². The van der Waals surface area contributed by atoms with Gasteiger partial charge in [0.15, 0.2) is 0 Å². The van der Waals surface area contributed by atoms with Crippen LogP contribution in [0.2, 0.25) is 0 Å². The average Bonchev–Trinajstić information content (AvgIpc) is 1.69. The normalized spacial score (nSPS) is 19.3. The lowest BCUT2D eigenvalue weighted by Gasteiger charge is -1.92. The van der Waals surface area contributed by atoms with Crippen molar-refractivity contribution in [3.8, 4) is 0 Å². The zero-order valence-corrected chi connectivity index (χ0v) is 4.39. The summed E-state index contributed by atoms with van der Waals surface area (Å²) in [6.07, 6.45) is 0. The van der Waals surface area contributed by atoms with E-state index in [1.54, 1.807) is 0 Å². The Morgan fingerprint density at radius 1 is 1.43 bits per heavy atom. The monoisotopic (exact) mass is 117 g/mol. The third kappa shape index (κ3) is 1.23. The molecule has 1 heterocycles. The summed E-state index contributed by atoms with van der Waals surface area (Å²) in [6, 6.07) is 0. The predicted molar refractivity (Wildman–Crippen MR) is 27.9 cm³/mol. The molecule has 1 aliphatic rings. The van der Waals surface area contributed by atoms with Gasteiger partial charge in [-0.2, -0.15) is 5.11 Å². The van der Waals surface area contributed by atoms with Gasteiger partial charge in [0, 0.05) is 0 Å². The first-order valence-electron chi connectivity index (χ1n) is 1.97. The van der Waals surface area contributed by atoms with Crippen LogP contribution in [0, 0.1) is 0 Å². The van der Waals surface area contributed by atoms with E-state index in [0.717, 1.165) is 0 Å². The second-order valence-electron chi connectivity index (χ2n) is 1.12. The summed E-state index contributed by atoms with van der Waals surface area (Å²) in [7, 11) is 0. The summed E-state index contributed by atoms with van der Waals surface area (Å²) in [5, 5.41) is 7.36. The maximum Gasteiger partial charge on any atom is 0.237 e. The minimum absolute atomic E-state index is 0.270. The van der Waals surface area contributed by atoms with E-state index in [0.29, 0.717) is 13.1 Å². The van der Waals surface area contributed by atoms with Crippen LogP contribution < -0.4 is 0 Å². The SMILES string of the molecule is ClC1=NCCN=N1. The van der Waals surface area contributed by atoms with Gasteiger partial charge in [-0.1, -0.05) is 0 Å². The maximum absolute atomic E-state index is 5.31. The summed E-state index contributed by atoms with van der Waals surface area (Å²) in [6.45, 7) is 1.36. The van der Waals surface area contributed by atoms with E-state index in [1.165, 1.54) is 0 Å². The standard InChI is InChI=1S/C3H4ClN3/c4-3-5-1-2-6-7-3/h1-2H2. The molecule has 0 bridgehead atoms. The van der Waals surface area contributed by atoms with Gasteiger partial charge >= 0.3 is 0 Å². The molecule has 0 spiro atoms. The van der Waals surface area contributed by atoms with Crippen molar-refractivity contribution >= 4 is 16.9 Å². The second kappa shape index (κ2) is 2.02. The molecule has 0 saturated heterocycles. The summed E-state index contributed by atoms with van der Waals surface area (Å²) in [5.74, 6) is 0. The Balaban J connectivity index is 2.58. The highest BCUT2D eigenvalue weighted by Crippen LogP contribution is 1.94. The minimum atomic E-state index is 0.270. The molecule has 1 aliphatic heterocycles. The number of amidine groups is 1. The molecule has 3 nitrogen and oxygen atoms in total. The van der Waals surface area contributed by atoms with Crippen molar-refractivity contribution in [1.29, 1.82) is 0 Å². The third-order valence-electron chi connectivity index (χ3n) is 0.596. The van der Waals surface area contributed by atoms with Crippen molar-refractivity contribution in [2.75, 3.05) is 13.1 Å². The Labute approximate surface area is 46.1 Å². The average molecular weight is 118 g/mol. The van der Waals surface area contributed by atoms with Crippen molar-refractivity contribution in [2.45, 2.75) is 0 Å². The van der Waals surface area contributed by atoms with Crippen molar-refractivity contribution in [1.82, 2.24) is 0 Å². The fourth-order valence-electron chi connectivity index (χ4n) is 0.327. The van der Waals surface area contributed by atoms with E-state index in [-0.39, 0.29) is 5.29 Å². The van der Waals surface area contributed by atoms with Gasteiger partial charge in [-0.3, -0.25) is 4.99 Å². The van der Waals surface area contributed by atoms with Crippen molar-refractivity contribution in [3.63, 3.8) is 0 Å². The first kappa shape index (κ1) is 4.71. The predicted octanol–water partition coefficient (Wildman–Crippen LogP) is 1.05. The van der Waals surface area contributed by atoms with Gasteiger partial charge in [-0.05, 0) is 11.6 Å². The van der Waals surface area contributed by atoms with Gasteiger partial charge in [-0.25, -0.2) is 0 Å². The number of hydrogen-bond acceptors (Lipinski definition) is 3. The topological polar surface area (TPSA) is 37.1 Å². The van der Waals surface area contributed by atoms with Gasteiger partial charge in [0.2, 0.25) is 5.29 Å².